The van der Waals surface area contributed by atoms with E-state index in [9.17, 15) is 39.3 Å². The number of hydrogen-bond acceptors (Lipinski definition) is 11. The van der Waals surface area contributed by atoms with Crippen molar-refractivity contribution in [3.8, 4) is 16.9 Å². The highest BCUT2D eigenvalue weighted by Gasteiger charge is 2.69. The SMILES string of the molecule is CCOC(=O)CNCc1ccc(-c2ccc(O)c3c2C[C@@H]2C[C@@H]4[C@@H](N(C)C)C(O)C(C(N)=O)C(=O)[C@]4(O)C(=O)C2C3=O)cc1. The van der Waals surface area contributed by atoms with Gasteiger partial charge in [0, 0.05) is 18.5 Å². The number of Topliss-reactive ketones (excluding diaryl/α,β-unsaturated/α-hetero) is 3. The number of carbonyl (C=O) groups excluding carboxylic acids is 5. The smallest absolute Gasteiger partial charge is 0.319 e. The first-order valence-electron chi connectivity index (χ1n) is 14.6. The third kappa shape index (κ3) is 5.01. The lowest BCUT2D eigenvalue weighted by Gasteiger charge is -2.54. The first-order chi connectivity index (χ1) is 20.8. The number of nitrogens with two attached hydrogens (primary N) is 1. The third-order valence-corrected chi connectivity index (χ3v) is 9.34. The Hall–Kier alpha value is -3.97. The van der Waals surface area contributed by atoms with Crippen LogP contribution in [-0.4, -0.2) is 94.4 Å². The number of carbonyl (C=O) groups is 5. The number of ether oxygens (including phenoxy) is 1. The number of phenols is 1. The summed E-state index contributed by atoms with van der Waals surface area (Å²) in [4.78, 5) is 66.8. The van der Waals surface area contributed by atoms with Crippen LogP contribution in [0.3, 0.4) is 0 Å². The Labute approximate surface area is 254 Å². The number of aromatic hydroxyl groups is 1. The van der Waals surface area contributed by atoms with Crippen molar-refractivity contribution in [2.45, 2.75) is 44.1 Å². The lowest BCUT2D eigenvalue weighted by atomic mass is 9.52. The fraction of sp³-hybridized carbons (Fsp3) is 0.469. The Morgan fingerprint density at radius 1 is 1.09 bits per heavy atom. The zero-order valence-electron chi connectivity index (χ0n) is 24.8. The molecule has 2 aromatic carbocycles. The lowest BCUT2D eigenvalue weighted by molar-refractivity contribution is -0.190. The number of primary amides is 1. The fourth-order valence-electron chi connectivity index (χ4n) is 7.42. The summed E-state index contributed by atoms with van der Waals surface area (Å²) in [6.45, 7) is 2.54. The van der Waals surface area contributed by atoms with Gasteiger partial charge in [-0.3, -0.25) is 24.0 Å². The van der Waals surface area contributed by atoms with E-state index in [1.165, 1.54) is 6.07 Å². The average Bonchev–Trinajstić information content (AvgIpc) is 2.95. The van der Waals surface area contributed by atoms with Crippen molar-refractivity contribution in [1.29, 1.82) is 0 Å². The third-order valence-electron chi connectivity index (χ3n) is 9.34. The predicted molar refractivity (Wildman–Crippen MR) is 156 cm³/mol. The van der Waals surface area contributed by atoms with Crippen molar-refractivity contribution in [3.63, 3.8) is 0 Å². The average molecular weight is 608 g/mol. The van der Waals surface area contributed by atoms with E-state index in [0.29, 0.717) is 24.3 Å². The van der Waals surface area contributed by atoms with Crippen molar-refractivity contribution in [3.05, 3.63) is 53.1 Å². The summed E-state index contributed by atoms with van der Waals surface area (Å²) in [6, 6.07) is 9.57. The Balaban J connectivity index is 1.49. The van der Waals surface area contributed by atoms with E-state index in [2.05, 4.69) is 5.32 Å². The van der Waals surface area contributed by atoms with E-state index in [1.807, 2.05) is 24.3 Å². The standard InChI is InChI=1S/C32H37N3O9/c1-4-44-22(37)14-34-13-15-5-7-16(8-6-15)18-9-10-21(36)24-19(18)11-17-12-20-26(35(2)3)28(39)25(31(33)42)30(41)32(20,43)29(40)23(17)27(24)38/h5-10,17,20,23,25-26,28,34,36,39,43H,4,11-14H2,1-3H3,(H2,33,42)/t17-,20-,23?,25?,26-,28?,32-/m1/s1. The van der Waals surface area contributed by atoms with E-state index in [4.69, 9.17) is 10.5 Å². The van der Waals surface area contributed by atoms with Gasteiger partial charge in [-0.2, -0.15) is 0 Å². The molecule has 0 heterocycles. The first-order valence-corrected chi connectivity index (χ1v) is 14.6. The molecule has 3 unspecified atom stereocenters. The van der Waals surface area contributed by atoms with Gasteiger partial charge in [-0.15, -0.1) is 0 Å². The number of esters is 1. The van der Waals surface area contributed by atoms with Crippen LogP contribution in [0.25, 0.3) is 11.1 Å². The number of nitrogens with one attached hydrogen (secondary N) is 1. The highest BCUT2D eigenvalue weighted by Crippen LogP contribution is 2.52. The van der Waals surface area contributed by atoms with Crippen molar-refractivity contribution in [2.24, 2.45) is 29.4 Å². The van der Waals surface area contributed by atoms with Crippen molar-refractivity contribution in [2.75, 3.05) is 27.2 Å². The van der Waals surface area contributed by atoms with E-state index in [1.54, 1.807) is 32.0 Å². The normalized spacial score (nSPS) is 29.5. The number of aliphatic hydroxyl groups is 2. The summed E-state index contributed by atoms with van der Waals surface area (Å²) in [5.41, 5.74) is 5.57. The molecule has 0 spiro atoms. The summed E-state index contributed by atoms with van der Waals surface area (Å²) in [5.74, 6) is -9.74. The first kappa shape index (κ1) is 31.5. The zero-order chi connectivity index (χ0) is 32.1. The topological polar surface area (TPSA) is 197 Å². The van der Waals surface area contributed by atoms with Crippen LogP contribution >= 0.6 is 0 Å². The van der Waals surface area contributed by atoms with Gasteiger partial charge in [0.2, 0.25) is 5.91 Å². The second-order valence-corrected chi connectivity index (χ2v) is 12.1. The fourth-order valence-corrected chi connectivity index (χ4v) is 7.42. The minimum atomic E-state index is -2.70. The van der Waals surface area contributed by atoms with Gasteiger partial charge in [-0.25, -0.2) is 0 Å². The van der Waals surface area contributed by atoms with E-state index >= 15 is 0 Å². The molecule has 6 N–H and O–H groups in total. The van der Waals surface area contributed by atoms with E-state index in [-0.39, 0.29) is 36.7 Å². The molecular formula is C32H37N3O9. The molecule has 2 fully saturated rings. The number of hydrogen-bond donors (Lipinski definition) is 5. The largest absolute Gasteiger partial charge is 0.507 e. The van der Waals surface area contributed by atoms with Crippen LogP contribution in [-0.2, 0) is 36.9 Å². The number of fused-ring (bicyclic) bond motifs is 3. The van der Waals surface area contributed by atoms with Gasteiger partial charge in [0.25, 0.3) is 0 Å². The van der Waals surface area contributed by atoms with Gasteiger partial charge < -0.3 is 36.0 Å². The quantitative estimate of drug-likeness (QED) is 0.200. The lowest BCUT2D eigenvalue weighted by Crippen LogP contribution is -2.75. The number of aliphatic hydroxyl groups excluding tert-OH is 1. The summed E-state index contributed by atoms with van der Waals surface area (Å²) < 4.78 is 4.91. The van der Waals surface area contributed by atoms with Crippen LogP contribution in [0.2, 0.25) is 0 Å². The minimum Gasteiger partial charge on any atom is -0.507 e. The molecule has 0 aromatic heterocycles. The minimum absolute atomic E-state index is 0.0371. The molecule has 0 radical (unpaired) electrons. The van der Waals surface area contributed by atoms with Crippen molar-refractivity contribution < 1.29 is 44.0 Å². The van der Waals surface area contributed by atoms with Crippen LogP contribution in [0.5, 0.6) is 5.75 Å². The molecule has 3 aliphatic carbocycles. The molecule has 3 aliphatic rings. The Morgan fingerprint density at radius 2 is 1.77 bits per heavy atom. The highest BCUT2D eigenvalue weighted by atomic mass is 16.5. The number of rotatable bonds is 8. The Bertz CT molecular complexity index is 1520. The molecule has 12 nitrogen and oxygen atoms in total. The Morgan fingerprint density at radius 3 is 2.39 bits per heavy atom. The molecular weight excluding hydrogens is 570 g/mol. The molecule has 5 rings (SSSR count). The number of likely N-dealkylation sites (N-methyl/N-ethyl adjacent to an activating group) is 1. The van der Waals surface area contributed by atoms with Gasteiger partial charge in [0.1, 0.15) is 11.7 Å². The number of nitrogens with zero attached hydrogens (tertiary/aromatic N) is 1. The predicted octanol–water partition coefficient (Wildman–Crippen LogP) is -0.0215. The number of amides is 1. The van der Waals surface area contributed by atoms with E-state index in [0.717, 1.165) is 11.1 Å². The maximum atomic E-state index is 14.0. The zero-order valence-corrected chi connectivity index (χ0v) is 24.8. The van der Waals surface area contributed by atoms with Crippen LogP contribution in [0.1, 0.15) is 34.8 Å². The molecule has 2 aromatic rings. The second-order valence-electron chi connectivity index (χ2n) is 12.1. The van der Waals surface area contributed by atoms with Gasteiger partial charge in [0.05, 0.1) is 30.7 Å². The van der Waals surface area contributed by atoms with Crippen LogP contribution in [0.4, 0.5) is 0 Å². The van der Waals surface area contributed by atoms with Crippen LogP contribution in [0.15, 0.2) is 36.4 Å². The van der Waals surface area contributed by atoms with Gasteiger partial charge in [0.15, 0.2) is 23.0 Å². The van der Waals surface area contributed by atoms with Gasteiger partial charge in [-0.1, -0.05) is 30.3 Å². The summed E-state index contributed by atoms with van der Waals surface area (Å²) in [6.07, 6.45) is -1.32. The Kier molecular flexibility index (Phi) is 8.47. The maximum absolute atomic E-state index is 14.0. The molecule has 0 saturated heterocycles. The number of benzene rings is 2. The molecule has 2 saturated carbocycles. The summed E-state index contributed by atoms with van der Waals surface area (Å²) in [5, 5.41) is 36.6. The maximum Gasteiger partial charge on any atom is 0.319 e. The molecule has 12 heteroatoms. The summed E-state index contributed by atoms with van der Waals surface area (Å²) >= 11 is 0. The molecule has 7 atom stereocenters. The highest BCUT2D eigenvalue weighted by molar-refractivity contribution is 6.25. The number of phenolic OH excluding ortho intramolecular Hbond substituents is 1. The van der Waals surface area contributed by atoms with Gasteiger partial charge in [-0.05, 0) is 68.1 Å². The van der Waals surface area contributed by atoms with Crippen molar-refractivity contribution >= 4 is 29.2 Å². The molecule has 44 heavy (non-hydrogen) atoms. The molecule has 0 aliphatic heterocycles. The van der Waals surface area contributed by atoms with Crippen LogP contribution < -0.4 is 11.1 Å². The molecule has 234 valence electrons. The molecule has 1 amide bonds. The van der Waals surface area contributed by atoms with Gasteiger partial charge >= 0.3 is 5.97 Å². The number of ketones is 3. The molecule has 0 bridgehead atoms. The van der Waals surface area contributed by atoms with Crippen molar-refractivity contribution in [1.82, 2.24) is 10.2 Å². The van der Waals surface area contributed by atoms with Crippen LogP contribution in [0, 0.1) is 23.7 Å². The second kappa shape index (κ2) is 11.8. The summed E-state index contributed by atoms with van der Waals surface area (Å²) in [7, 11) is 3.21. The monoisotopic (exact) mass is 607 g/mol. The van der Waals surface area contributed by atoms with E-state index < -0.39 is 64.7 Å².